The maximum absolute atomic E-state index is 11.7. The number of hydrogen-bond donors (Lipinski definition) is 0. The van der Waals surface area contributed by atoms with Crippen LogP contribution in [0, 0.1) is 5.41 Å². The molecule has 0 unspecified atom stereocenters. The van der Waals surface area contributed by atoms with Crippen LogP contribution in [0.15, 0.2) is 24.3 Å². The number of unbranched alkanes of at least 4 members (excludes halogenated alkanes) is 5. The molecule has 19 heavy (non-hydrogen) atoms. The highest BCUT2D eigenvalue weighted by Crippen LogP contribution is 2.17. The lowest BCUT2D eigenvalue weighted by molar-refractivity contribution is -0.126. The van der Waals surface area contributed by atoms with Gasteiger partial charge in [0.2, 0.25) is 0 Å². The Balaban J connectivity index is 3.38. The van der Waals surface area contributed by atoms with Crippen molar-refractivity contribution in [2.24, 2.45) is 5.41 Å². The van der Waals surface area contributed by atoms with Gasteiger partial charge in [0.15, 0.2) is 0 Å². The third kappa shape index (κ3) is 11.9. The lowest BCUT2D eigenvalue weighted by Crippen LogP contribution is -2.19. The molecule has 1 nitrogen and oxygen atoms in total. The number of ketones is 1. The van der Waals surface area contributed by atoms with Crippen molar-refractivity contribution in [1.29, 1.82) is 0 Å². The number of rotatable bonds is 10. The van der Waals surface area contributed by atoms with E-state index >= 15 is 0 Å². The van der Waals surface area contributed by atoms with Gasteiger partial charge in [-0.3, -0.25) is 4.79 Å². The summed E-state index contributed by atoms with van der Waals surface area (Å²) in [6.45, 7) is 8.06. The van der Waals surface area contributed by atoms with Crippen LogP contribution in [0.4, 0.5) is 0 Å². The fourth-order valence-electron chi connectivity index (χ4n) is 1.87. The molecule has 0 aliphatic heterocycles. The van der Waals surface area contributed by atoms with Gasteiger partial charge in [-0.1, -0.05) is 57.9 Å². The highest BCUT2D eigenvalue weighted by molar-refractivity contribution is 5.83. The van der Waals surface area contributed by atoms with Crippen molar-refractivity contribution >= 4 is 5.78 Å². The summed E-state index contributed by atoms with van der Waals surface area (Å²) in [6.07, 6.45) is 18.0. The zero-order valence-corrected chi connectivity index (χ0v) is 13.4. The highest BCUT2D eigenvalue weighted by Gasteiger charge is 2.19. The van der Waals surface area contributed by atoms with Gasteiger partial charge in [-0.05, 0) is 39.0 Å². The van der Waals surface area contributed by atoms with E-state index in [4.69, 9.17) is 0 Å². The SMILES string of the molecule is CC=CCCCCCCC=CCCC(=O)C(C)(C)C. The van der Waals surface area contributed by atoms with E-state index in [0.29, 0.717) is 12.2 Å². The van der Waals surface area contributed by atoms with Crippen LogP contribution in [0.3, 0.4) is 0 Å². The molecule has 0 radical (unpaired) electrons. The molecule has 1 heteroatoms. The molecule has 0 fully saturated rings. The number of carbonyl (C=O) groups excluding carboxylic acids is 1. The second-order valence-electron chi connectivity index (χ2n) is 6.24. The first kappa shape index (κ1) is 18.1. The Kier molecular flexibility index (Phi) is 10.5. The van der Waals surface area contributed by atoms with E-state index in [0.717, 1.165) is 12.8 Å². The Morgan fingerprint density at radius 3 is 1.89 bits per heavy atom. The Hall–Kier alpha value is -0.850. The molecule has 0 amide bonds. The smallest absolute Gasteiger partial charge is 0.138 e. The van der Waals surface area contributed by atoms with E-state index in [-0.39, 0.29) is 5.41 Å². The third-order valence-electron chi connectivity index (χ3n) is 3.27. The van der Waals surface area contributed by atoms with Gasteiger partial charge in [-0.15, -0.1) is 0 Å². The summed E-state index contributed by atoms with van der Waals surface area (Å²) in [6, 6.07) is 0. The van der Waals surface area contributed by atoms with Gasteiger partial charge in [0.25, 0.3) is 0 Å². The van der Waals surface area contributed by atoms with Crippen molar-refractivity contribution in [3.63, 3.8) is 0 Å². The highest BCUT2D eigenvalue weighted by atomic mass is 16.1. The molecule has 0 aromatic rings. The predicted octanol–water partition coefficient (Wildman–Crippen LogP) is 5.85. The molecule has 0 aliphatic rings. The summed E-state index contributed by atoms with van der Waals surface area (Å²) in [4.78, 5) is 11.7. The number of Topliss-reactive ketones (excluding diaryl/α,β-unsaturated/α-hetero) is 1. The average molecular weight is 264 g/mol. The van der Waals surface area contributed by atoms with Crippen LogP contribution in [0.25, 0.3) is 0 Å². The van der Waals surface area contributed by atoms with E-state index in [9.17, 15) is 4.79 Å². The minimum Gasteiger partial charge on any atom is -0.299 e. The maximum Gasteiger partial charge on any atom is 0.138 e. The minimum atomic E-state index is -0.180. The van der Waals surface area contributed by atoms with Gasteiger partial charge >= 0.3 is 0 Å². The van der Waals surface area contributed by atoms with Crippen LogP contribution in [0.2, 0.25) is 0 Å². The summed E-state index contributed by atoms with van der Waals surface area (Å²) < 4.78 is 0. The molecule has 110 valence electrons. The molecule has 0 spiro atoms. The van der Waals surface area contributed by atoms with Gasteiger partial charge in [0.05, 0.1) is 0 Å². The van der Waals surface area contributed by atoms with Crippen LogP contribution in [0.5, 0.6) is 0 Å². The second kappa shape index (κ2) is 11.0. The van der Waals surface area contributed by atoms with E-state index < -0.39 is 0 Å². The molecule has 0 bridgehead atoms. The predicted molar refractivity (Wildman–Crippen MR) is 85.4 cm³/mol. The Morgan fingerprint density at radius 1 is 0.842 bits per heavy atom. The maximum atomic E-state index is 11.7. The molecule has 0 rings (SSSR count). The monoisotopic (exact) mass is 264 g/mol. The molecule has 0 saturated carbocycles. The summed E-state index contributed by atoms with van der Waals surface area (Å²) in [5.41, 5.74) is -0.180. The van der Waals surface area contributed by atoms with Gasteiger partial charge in [-0.2, -0.15) is 0 Å². The Morgan fingerprint density at radius 2 is 1.37 bits per heavy atom. The molecule has 0 N–H and O–H groups in total. The van der Waals surface area contributed by atoms with Crippen LogP contribution < -0.4 is 0 Å². The molecular weight excluding hydrogens is 232 g/mol. The first-order valence-corrected chi connectivity index (χ1v) is 7.78. The van der Waals surface area contributed by atoms with Crippen molar-refractivity contribution < 1.29 is 4.79 Å². The zero-order valence-electron chi connectivity index (χ0n) is 13.4. The van der Waals surface area contributed by atoms with Gasteiger partial charge in [0, 0.05) is 11.8 Å². The van der Waals surface area contributed by atoms with E-state index in [2.05, 4.69) is 31.2 Å². The van der Waals surface area contributed by atoms with Crippen molar-refractivity contribution in [1.82, 2.24) is 0 Å². The standard InChI is InChI=1S/C18H32O/c1-5-6-7-8-9-10-11-12-13-14-15-16-17(19)18(2,3)4/h5-6,13-14H,7-12,15-16H2,1-4H3. The quantitative estimate of drug-likeness (QED) is 0.357. The van der Waals surface area contributed by atoms with Gasteiger partial charge in [-0.25, -0.2) is 0 Å². The topological polar surface area (TPSA) is 17.1 Å². The second-order valence-corrected chi connectivity index (χ2v) is 6.24. The largest absolute Gasteiger partial charge is 0.299 e. The van der Waals surface area contributed by atoms with Gasteiger partial charge in [0.1, 0.15) is 5.78 Å². The number of hydrogen-bond acceptors (Lipinski definition) is 1. The van der Waals surface area contributed by atoms with Crippen molar-refractivity contribution in [3.05, 3.63) is 24.3 Å². The van der Waals surface area contributed by atoms with Crippen LogP contribution in [-0.4, -0.2) is 5.78 Å². The van der Waals surface area contributed by atoms with Crippen molar-refractivity contribution in [2.75, 3.05) is 0 Å². The normalized spacial score (nSPS) is 12.6. The fourth-order valence-corrected chi connectivity index (χ4v) is 1.87. The van der Waals surface area contributed by atoms with Crippen LogP contribution in [0.1, 0.15) is 79.1 Å². The van der Waals surface area contributed by atoms with Crippen LogP contribution >= 0.6 is 0 Å². The summed E-state index contributed by atoms with van der Waals surface area (Å²) in [5, 5.41) is 0. The Labute approximate surface area is 120 Å². The molecule has 0 aromatic carbocycles. The molecule has 0 heterocycles. The Bertz CT molecular complexity index is 279. The summed E-state index contributed by atoms with van der Waals surface area (Å²) in [7, 11) is 0. The van der Waals surface area contributed by atoms with Crippen molar-refractivity contribution in [2.45, 2.75) is 79.1 Å². The van der Waals surface area contributed by atoms with E-state index in [1.807, 2.05) is 20.8 Å². The fraction of sp³-hybridized carbons (Fsp3) is 0.722. The van der Waals surface area contributed by atoms with Crippen LogP contribution in [-0.2, 0) is 4.79 Å². The van der Waals surface area contributed by atoms with E-state index in [1.165, 1.54) is 32.1 Å². The molecule has 0 atom stereocenters. The number of allylic oxidation sites excluding steroid dienone is 4. The number of carbonyl (C=O) groups is 1. The molecule has 0 saturated heterocycles. The summed E-state index contributed by atoms with van der Waals surface area (Å²) >= 11 is 0. The lowest BCUT2D eigenvalue weighted by Gasteiger charge is -2.15. The van der Waals surface area contributed by atoms with Gasteiger partial charge < -0.3 is 0 Å². The first-order valence-electron chi connectivity index (χ1n) is 7.78. The molecule has 0 aliphatic carbocycles. The van der Waals surface area contributed by atoms with E-state index in [1.54, 1.807) is 0 Å². The lowest BCUT2D eigenvalue weighted by atomic mass is 9.88. The molecular formula is C18H32O. The first-order chi connectivity index (χ1) is 8.98. The summed E-state index contributed by atoms with van der Waals surface area (Å²) in [5.74, 6) is 0.362. The van der Waals surface area contributed by atoms with Crippen molar-refractivity contribution in [3.8, 4) is 0 Å². The minimum absolute atomic E-state index is 0.180. The third-order valence-corrected chi connectivity index (χ3v) is 3.27. The average Bonchev–Trinajstić information content (AvgIpc) is 2.34. The molecule has 0 aromatic heterocycles. The zero-order chi connectivity index (χ0) is 14.6.